The molecule has 2 aromatic rings. The topological polar surface area (TPSA) is 70.4 Å². The van der Waals surface area contributed by atoms with Gasteiger partial charge in [0.15, 0.2) is 0 Å². The number of esters is 1. The minimum absolute atomic E-state index is 0.00522. The van der Waals surface area contributed by atoms with Crippen LogP contribution in [0.1, 0.15) is 23.1 Å². The fourth-order valence-electron chi connectivity index (χ4n) is 2.43. The number of carbonyl (C=O) groups is 1. The van der Waals surface area contributed by atoms with Gasteiger partial charge in [-0.1, -0.05) is 31.8 Å². The Morgan fingerprint density at radius 2 is 2.00 bits per heavy atom. The van der Waals surface area contributed by atoms with E-state index in [9.17, 15) is 9.59 Å². The van der Waals surface area contributed by atoms with Gasteiger partial charge in [-0.3, -0.25) is 9.36 Å². The highest BCUT2D eigenvalue weighted by Gasteiger charge is 2.20. The summed E-state index contributed by atoms with van der Waals surface area (Å²) >= 11 is 0. The van der Waals surface area contributed by atoms with Gasteiger partial charge >= 0.3 is 5.97 Å². The second-order valence-electron chi connectivity index (χ2n) is 7.21. The predicted octanol–water partition coefficient (Wildman–Crippen LogP) is 3.19. The minimum atomic E-state index is -1.23. The Labute approximate surface area is 148 Å². The molecule has 0 atom stereocenters. The number of hydrogen-bond acceptors (Lipinski definition) is 5. The standard InChI is InChI=1S/C18H26N2O4Si/c1-6-24-18(22)16-19-14-9-7-8-13(2)15(14)17(21)20(16)12-23-10-11-25(3,4)5/h7-9H,6,10-12H2,1-5H3. The highest BCUT2D eigenvalue weighted by atomic mass is 28.3. The van der Waals surface area contributed by atoms with E-state index in [2.05, 4.69) is 24.6 Å². The number of hydrogen-bond donors (Lipinski definition) is 0. The van der Waals surface area contributed by atoms with E-state index in [1.807, 2.05) is 19.1 Å². The highest BCUT2D eigenvalue weighted by molar-refractivity contribution is 6.76. The fourth-order valence-corrected chi connectivity index (χ4v) is 3.19. The summed E-state index contributed by atoms with van der Waals surface area (Å²) in [6.07, 6.45) is 0. The largest absolute Gasteiger partial charge is 0.460 e. The molecule has 0 saturated heterocycles. The van der Waals surface area contributed by atoms with Crippen molar-refractivity contribution in [3.05, 3.63) is 39.9 Å². The third-order valence-corrected chi connectivity index (χ3v) is 5.57. The van der Waals surface area contributed by atoms with E-state index in [4.69, 9.17) is 9.47 Å². The molecule has 0 fully saturated rings. The number of fused-ring (bicyclic) bond motifs is 1. The first-order valence-corrected chi connectivity index (χ1v) is 12.2. The van der Waals surface area contributed by atoms with Crippen LogP contribution in [0.3, 0.4) is 0 Å². The molecular weight excluding hydrogens is 336 g/mol. The summed E-state index contributed by atoms with van der Waals surface area (Å²) < 4.78 is 12.0. The van der Waals surface area contributed by atoms with Crippen molar-refractivity contribution in [1.29, 1.82) is 0 Å². The van der Waals surface area contributed by atoms with Crippen molar-refractivity contribution in [3.63, 3.8) is 0 Å². The molecule has 0 amide bonds. The molecule has 2 rings (SSSR count). The molecule has 0 radical (unpaired) electrons. The van der Waals surface area contributed by atoms with Gasteiger partial charge in [0.25, 0.3) is 5.56 Å². The molecule has 0 saturated carbocycles. The molecule has 0 bridgehead atoms. The van der Waals surface area contributed by atoms with E-state index in [0.29, 0.717) is 17.5 Å². The summed E-state index contributed by atoms with van der Waals surface area (Å²) in [4.78, 5) is 29.5. The van der Waals surface area contributed by atoms with Crippen LogP contribution in [0.5, 0.6) is 0 Å². The molecule has 0 N–H and O–H groups in total. The molecule has 0 unspecified atom stereocenters. The zero-order valence-electron chi connectivity index (χ0n) is 15.6. The van der Waals surface area contributed by atoms with Gasteiger partial charge in [-0.2, -0.15) is 0 Å². The first-order valence-electron chi connectivity index (χ1n) is 8.49. The lowest BCUT2D eigenvalue weighted by atomic mass is 10.1. The van der Waals surface area contributed by atoms with E-state index < -0.39 is 14.0 Å². The Hall–Kier alpha value is -1.99. The van der Waals surface area contributed by atoms with E-state index in [1.165, 1.54) is 4.57 Å². The summed E-state index contributed by atoms with van der Waals surface area (Å²) in [7, 11) is -1.23. The van der Waals surface area contributed by atoms with Gasteiger partial charge in [0, 0.05) is 14.7 Å². The first-order chi connectivity index (χ1) is 11.7. The van der Waals surface area contributed by atoms with Gasteiger partial charge in [0.1, 0.15) is 6.73 Å². The minimum Gasteiger partial charge on any atom is -0.460 e. The number of benzene rings is 1. The Morgan fingerprint density at radius 1 is 1.28 bits per heavy atom. The van der Waals surface area contributed by atoms with Crippen molar-refractivity contribution in [2.45, 2.75) is 46.3 Å². The average molecular weight is 363 g/mol. The smallest absolute Gasteiger partial charge is 0.374 e. The number of ether oxygens (including phenoxy) is 2. The second kappa shape index (κ2) is 7.92. The lowest BCUT2D eigenvalue weighted by Crippen LogP contribution is -2.31. The van der Waals surface area contributed by atoms with Crippen LogP contribution in [0.4, 0.5) is 0 Å². The summed E-state index contributed by atoms with van der Waals surface area (Å²) in [5.74, 6) is -0.630. The molecule has 25 heavy (non-hydrogen) atoms. The van der Waals surface area contributed by atoms with E-state index in [-0.39, 0.29) is 24.7 Å². The molecular formula is C18H26N2O4Si. The summed E-state index contributed by atoms with van der Waals surface area (Å²) in [6.45, 7) is 11.1. The molecule has 1 aromatic carbocycles. The molecule has 0 aliphatic heterocycles. The van der Waals surface area contributed by atoms with Crippen LogP contribution in [0.2, 0.25) is 25.7 Å². The normalized spacial score (nSPS) is 11.7. The number of nitrogens with zero attached hydrogens (tertiary/aromatic N) is 2. The SMILES string of the molecule is CCOC(=O)c1nc2cccc(C)c2c(=O)n1COCC[Si](C)(C)C. The first kappa shape index (κ1) is 19.3. The molecule has 0 aliphatic carbocycles. The maximum atomic E-state index is 12.9. The maximum Gasteiger partial charge on any atom is 0.374 e. The van der Waals surface area contributed by atoms with Crippen molar-refractivity contribution in [1.82, 2.24) is 9.55 Å². The lowest BCUT2D eigenvalue weighted by Gasteiger charge is -2.17. The number of aryl methyl sites for hydroxylation is 1. The predicted molar refractivity (Wildman–Crippen MR) is 101 cm³/mol. The van der Waals surface area contributed by atoms with Gasteiger partial charge in [-0.15, -0.1) is 0 Å². The van der Waals surface area contributed by atoms with E-state index >= 15 is 0 Å². The molecule has 1 aromatic heterocycles. The highest BCUT2D eigenvalue weighted by Crippen LogP contribution is 2.14. The van der Waals surface area contributed by atoms with Crippen LogP contribution < -0.4 is 5.56 Å². The van der Waals surface area contributed by atoms with Crippen molar-refractivity contribution in [3.8, 4) is 0 Å². The van der Waals surface area contributed by atoms with Gasteiger partial charge in [0.05, 0.1) is 17.5 Å². The summed E-state index contributed by atoms with van der Waals surface area (Å²) in [5, 5.41) is 0.504. The van der Waals surface area contributed by atoms with Crippen LogP contribution in [-0.2, 0) is 16.2 Å². The Kier molecular flexibility index (Phi) is 6.13. The van der Waals surface area contributed by atoms with Gasteiger partial charge in [0.2, 0.25) is 5.82 Å². The van der Waals surface area contributed by atoms with E-state index in [1.54, 1.807) is 13.0 Å². The molecule has 1 heterocycles. The van der Waals surface area contributed by atoms with Crippen molar-refractivity contribution < 1.29 is 14.3 Å². The molecule has 6 nitrogen and oxygen atoms in total. The average Bonchev–Trinajstić information content (AvgIpc) is 2.52. The van der Waals surface area contributed by atoms with Crippen molar-refractivity contribution in [2.75, 3.05) is 13.2 Å². The Bertz CT molecular complexity index is 824. The number of rotatable bonds is 7. The third-order valence-electron chi connectivity index (χ3n) is 3.87. The maximum absolute atomic E-state index is 12.9. The van der Waals surface area contributed by atoms with Crippen molar-refractivity contribution in [2.24, 2.45) is 0 Å². The van der Waals surface area contributed by atoms with Crippen LogP contribution in [-0.4, -0.2) is 36.8 Å². The summed E-state index contributed by atoms with van der Waals surface area (Å²) in [6, 6.07) is 6.37. The van der Waals surface area contributed by atoms with Crippen LogP contribution in [0, 0.1) is 6.92 Å². The monoisotopic (exact) mass is 362 g/mol. The van der Waals surface area contributed by atoms with Gasteiger partial charge < -0.3 is 9.47 Å². The van der Waals surface area contributed by atoms with Crippen LogP contribution in [0.25, 0.3) is 10.9 Å². The summed E-state index contributed by atoms with van der Waals surface area (Å²) in [5.41, 5.74) is 1.03. The van der Waals surface area contributed by atoms with Gasteiger partial charge in [-0.25, -0.2) is 9.78 Å². The Morgan fingerprint density at radius 3 is 2.64 bits per heavy atom. The molecule has 136 valence electrons. The second-order valence-corrected chi connectivity index (χ2v) is 12.8. The molecule has 0 aliphatic rings. The number of carbonyl (C=O) groups excluding carboxylic acids is 1. The molecule has 7 heteroatoms. The van der Waals surface area contributed by atoms with Gasteiger partial charge in [-0.05, 0) is 31.5 Å². The zero-order valence-corrected chi connectivity index (χ0v) is 16.6. The van der Waals surface area contributed by atoms with Crippen LogP contribution >= 0.6 is 0 Å². The molecule has 0 spiro atoms. The van der Waals surface area contributed by atoms with Crippen molar-refractivity contribution >= 4 is 24.9 Å². The third kappa shape index (κ3) is 4.76. The zero-order chi connectivity index (χ0) is 18.6. The van der Waals surface area contributed by atoms with Crippen LogP contribution in [0.15, 0.2) is 23.0 Å². The lowest BCUT2D eigenvalue weighted by molar-refractivity contribution is 0.0454. The quantitative estimate of drug-likeness (QED) is 0.430. The Balaban J connectivity index is 2.42. The number of aromatic nitrogens is 2. The van der Waals surface area contributed by atoms with E-state index in [0.717, 1.165) is 11.6 Å². The fraction of sp³-hybridized carbons (Fsp3) is 0.500.